The van der Waals surface area contributed by atoms with E-state index in [1.54, 1.807) is 36.1 Å². The fraction of sp³-hybridized carbons (Fsp3) is 0.227. The van der Waals surface area contributed by atoms with Crippen LogP contribution in [0.4, 0.5) is 5.69 Å². The van der Waals surface area contributed by atoms with Crippen molar-refractivity contribution in [1.29, 1.82) is 0 Å². The molecule has 0 aliphatic carbocycles. The van der Waals surface area contributed by atoms with Gasteiger partial charge in [0, 0.05) is 35.2 Å². The van der Waals surface area contributed by atoms with Crippen LogP contribution in [0.3, 0.4) is 0 Å². The number of benzene rings is 2. The van der Waals surface area contributed by atoms with Crippen LogP contribution in [0.25, 0.3) is 11.0 Å². The third-order valence-electron chi connectivity index (χ3n) is 5.18. The van der Waals surface area contributed by atoms with Crippen molar-refractivity contribution in [3.63, 3.8) is 0 Å². The third-order valence-corrected chi connectivity index (χ3v) is 5.18. The Balaban J connectivity index is 1.45. The van der Waals surface area contributed by atoms with Crippen molar-refractivity contribution in [3.8, 4) is 0 Å². The first-order valence-electron chi connectivity index (χ1n) is 9.51. The van der Waals surface area contributed by atoms with Gasteiger partial charge >= 0.3 is 5.91 Å². The van der Waals surface area contributed by atoms with Crippen LogP contribution in [-0.2, 0) is 11.2 Å². The van der Waals surface area contributed by atoms with E-state index in [1.165, 1.54) is 0 Å². The summed E-state index contributed by atoms with van der Waals surface area (Å²) >= 11 is 0. The number of amides is 3. The lowest BCUT2D eigenvalue weighted by Crippen LogP contribution is -2.41. The van der Waals surface area contributed by atoms with Crippen molar-refractivity contribution >= 4 is 34.4 Å². The zero-order valence-corrected chi connectivity index (χ0v) is 16.2. The summed E-state index contributed by atoms with van der Waals surface area (Å²) in [6.45, 7) is 4.25. The molecular formula is C22H21N3O4. The highest BCUT2D eigenvalue weighted by Gasteiger charge is 2.24. The number of carbonyl (C=O) groups is 3. The van der Waals surface area contributed by atoms with Gasteiger partial charge in [-0.05, 0) is 43.2 Å². The summed E-state index contributed by atoms with van der Waals surface area (Å²) in [5.41, 5.74) is 8.36. The van der Waals surface area contributed by atoms with Gasteiger partial charge in [0.15, 0.2) is 5.76 Å². The first-order valence-corrected chi connectivity index (χ1v) is 9.51. The maximum absolute atomic E-state index is 12.5. The monoisotopic (exact) mass is 391 g/mol. The minimum absolute atomic E-state index is 0.0643. The molecule has 0 spiro atoms. The van der Waals surface area contributed by atoms with E-state index in [-0.39, 0.29) is 11.7 Å². The van der Waals surface area contributed by atoms with E-state index in [4.69, 9.17) is 4.42 Å². The number of para-hydroxylation sites is 1. The Labute approximate surface area is 167 Å². The molecule has 2 heterocycles. The fourth-order valence-electron chi connectivity index (χ4n) is 3.63. The molecule has 1 aliphatic heterocycles. The average molecular weight is 391 g/mol. The summed E-state index contributed by atoms with van der Waals surface area (Å²) in [6.07, 6.45) is 1.14. The second kappa shape index (κ2) is 7.43. The molecule has 29 heavy (non-hydrogen) atoms. The lowest BCUT2D eigenvalue weighted by Gasteiger charge is -2.16. The van der Waals surface area contributed by atoms with Crippen molar-refractivity contribution in [2.75, 3.05) is 11.4 Å². The second-order valence-electron chi connectivity index (χ2n) is 6.95. The molecule has 0 saturated carbocycles. The van der Waals surface area contributed by atoms with Crippen LogP contribution in [0.2, 0.25) is 0 Å². The Kier molecular flexibility index (Phi) is 4.80. The lowest BCUT2D eigenvalue weighted by molar-refractivity contribution is -0.118. The maximum Gasteiger partial charge on any atom is 0.305 e. The molecule has 0 bridgehead atoms. The summed E-state index contributed by atoms with van der Waals surface area (Å²) in [5.74, 6) is -0.730. The van der Waals surface area contributed by atoms with Gasteiger partial charge in [-0.2, -0.15) is 0 Å². The summed E-state index contributed by atoms with van der Waals surface area (Å²) in [6, 6.07) is 12.5. The molecule has 0 saturated heterocycles. The molecule has 0 atom stereocenters. The number of nitrogens with zero attached hydrogens (tertiary/aromatic N) is 1. The van der Waals surface area contributed by atoms with Crippen molar-refractivity contribution in [3.05, 3.63) is 64.9 Å². The second-order valence-corrected chi connectivity index (χ2v) is 6.95. The number of aryl methyl sites for hydroxylation is 1. The number of furan rings is 1. The first-order chi connectivity index (χ1) is 14.0. The van der Waals surface area contributed by atoms with Crippen molar-refractivity contribution in [2.45, 2.75) is 26.7 Å². The van der Waals surface area contributed by atoms with Crippen LogP contribution in [0.5, 0.6) is 0 Å². The molecule has 2 N–H and O–H groups in total. The molecule has 1 aliphatic rings. The zero-order valence-electron chi connectivity index (χ0n) is 16.2. The molecule has 148 valence electrons. The van der Waals surface area contributed by atoms with Gasteiger partial charge in [-0.25, -0.2) is 0 Å². The molecule has 3 amide bonds. The zero-order chi connectivity index (χ0) is 20.5. The van der Waals surface area contributed by atoms with Gasteiger partial charge in [-0.15, -0.1) is 0 Å². The van der Waals surface area contributed by atoms with Crippen molar-refractivity contribution in [1.82, 2.24) is 10.9 Å². The Morgan fingerprint density at radius 3 is 2.59 bits per heavy atom. The summed E-state index contributed by atoms with van der Waals surface area (Å²) in [4.78, 5) is 38.6. The fourth-order valence-corrected chi connectivity index (χ4v) is 3.63. The number of hydrazine groups is 1. The Morgan fingerprint density at radius 1 is 1.07 bits per heavy atom. The van der Waals surface area contributed by atoms with Gasteiger partial charge in [0.25, 0.3) is 5.91 Å². The smallest absolute Gasteiger partial charge is 0.305 e. The number of hydrogen-bond donors (Lipinski definition) is 2. The number of carbonyl (C=O) groups excluding carboxylic acids is 3. The molecule has 7 heteroatoms. The van der Waals surface area contributed by atoms with Crippen LogP contribution in [0.1, 0.15) is 45.4 Å². The number of nitrogens with one attached hydrogen (secondary N) is 2. The third kappa shape index (κ3) is 3.35. The Hall–Kier alpha value is -3.61. The van der Waals surface area contributed by atoms with Gasteiger partial charge < -0.3 is 9.32 Å². The van der Waals surface area contributed by atoms with Gasteiger partial charge in [0.1, 0.15) is 5.58 Å². The summed E-state index contributed by atoms with van der Waals surface area (Å²) < 4.78 is 5.60. The highest BCUT2D eigenvalue weighted by Crippen LogP contribution is 2.29. The van der Waals surface area contributed by atoms with Gasteiger partial charge in [0.2, 0.25) is 5.91 Å². The topological polar surface area (TPSA) is 91.7 Å². The number of hydrogen-bond acceptors (Lipinski definition) is 4. The molecular weight excluding hydrogens is 370 g/mol. The molecule has 7 nitrogen and oxygen atoms in total. The van der Waals surface area contributed by atoms with Crippen LogP contribution >= 0.6 is 0 Å². The first kappa shape index (κ1) is 18.7. The molecule has 4 rings (SSSR count). The highest BCUT2D eigenvalue weighted by atomic mass is 16.3. The van der Waals surface area contributed by atoms with E-state index in [2.05, 4.69) is 10.9 Å². The van der Waals surface area contributed by atoms with E-state index in [0.29, 0.717) is 36.1 Å². The normalized spacial score (nSPS) is 12.7. The molecule has 0 radical (unpaired) electrons. The van der Waals surface area contributed by atoms with E-state index >= 15 is 0 Å². The van der Waals surface area contributed by atoms with Crippen LogP contribution in [-0.4, -0.2) is 24.3 Å². The lowest BCUT2D eigenvalue weighted by atomic mass is 10.1. The predicted molar refractivity (Wildman–Crippen MR) is 109 cm³/mol. The molecule has 3 aromatic rings. The van der Waals surface area contributed by atoms with E-state index in [0.717, 1.165) is 16.6 Å². The minimum atomic E-state index is -0.520. The van der Waals surface area contributed by atoms with Crippen molar-refractivity contribution < 1.29 is 18.8 Å². The largest absolute Gasteiger partial charge is 0.451 e. The Bertz CT molecular complexity index is 1130. The van der Waals surface area contributed by atoms with E-state index in [9.17, 15) is 14.4 Å². The minimum Gasteiger partial charge on any atom is -0.451 e. The molecule has 0 unspecified atom stereocenters. The number of rotatable bonds is 3. The standard InChI is InChI=1S/C22H21N3O4/c1-3-19(26)25-11-10-14-12-15(8-9-17(14)25)21(27)23-24-22(28)20-13(2)16-6-4-5-7-18(16)29-20/h4-9,12H,3,10-11H2,1-2H3,(H,23,27)(H,24,28). The predicted octanol–water partition coefficient (Wildman–Crippen LogP) is 3.12. The molecule has 1 aromatic heterocycles. The highest BCUT2D eigenvalue weighted by molar-refractivity contribution is 6.02. The van der Waals surface area contributed by atoms with Gasteiger partial charge in [0.05, 0.1) is 0 Å². The van der Waals surface area contributed by atoms with Crippen molar-refractivity contribution in [2.24, 2.45) is 0 Å². The van der Waals surface area contributed by atoms with Gasteiger partial charge in [-0.3, -0.25) is 25.2 Å². The van der Waals surface area contributed by atoms with E-state index in [1.807, 2.05) is 25.1 Å². The molecule has 0 fully saturated rings. The molecule has 2 aromatic carbocycles. The quantitative estimate of drug-likeness (QED) is 0.671. The summed E-state index contributed by atoms with van der Waals surface area (Å²) in [7, 11) is 0. The van der Waals surface area contributed by atoms with Crippen LogP contribution in [0.15, 0.2) is 46.9 Å². The van der Waals surface area contributed by atoms with E-state index < -0.39 is 11.8 Å². The number of fused-ring (bicyclic) bond motifs is 2. The SMILES string of the molecule is CCC(=O)N1CCc2cc(C(=O)NNC(=O)c3oc4ccccc4c3C)ccc21. The average Bonchev–Trinajstić information content (AvgIpc) is 3.32. The van der Waals surface area contributed by atoms with Crippen LogP contribution in [0, 0.1) is 6.92 Å². The van der Waals surface area contributed by atoms with Gasteiger partial charge in [-0.1, -0.05) is 25.1 Å². The Morgan fingerprint density at radius 2 is 1.83 bits per heavy atom. The van der Waals surface area contributed by atoms with Crippen LogP contribution < -0.4 is 15.8 Å². The summed E-state index contributed by atoms with van der Waals surface area (Å²) in [5, 5.41) is 0.855. The maximum atomic E-state index is 12.5. The number of anilines is 1.